The summed E-state index contributed by atoms with van der Waals surface area (Å²) < 4.78 is 37.3. The molecule has 2 N–H and O–H groups in total. The molecule has 0 amide bonds. The number of unbranched alkanes of at least 4 members (excludes halogenated alkanes) is 2. The normalized spacial score (nSPS) is 19.3. The number of aliphatic imine (C=N–C) groups is 1. The second-order valence-electron chi connectivity index (χ2n) is 7.93. The summed E-state index contributed by atoms with van der Waals surface area (Å²) in [6.07, 6.45) is 1.56. The van der Waals surface area contributed by atoms with Gasteiger partial charge in [-0.25, -0.2) is 0 Å². The third-order valence-corrected chi connectivity index (χ3v) is 4.75. The molecule has 1 saturated heterocycles. The summed E-state index contributed by atoms with van der Waals surface area (Å²) in [4.78, 5) is 5.71. The van der Waals surface area contributed by atoms with Crippen LogP contribution < -0.4 is 10.6 Å². The Labute approximate surface area is 173 Å². The first-order valence-corrected chi connectivity index (χ1v) is 9.39. The molecule has 8 heteroatoms. The first-order chi connectivity index (χ1) is 11.6. The highest BCUT2D eigenvalue weighted by Gasteiger charge is 2.34. The van der Waals surface area contributed by atoms with E-state index in [4.69, 9.17) is 0 Å². The predicted octanol–water partition coefficient (Wildman–Crippen LogP) is 4.26. The summed E-state index contributed by atoms with van der Waals surface area (Å²) in [5.41, 5.74) is 0.198. The van der Waals surface area contributed by atoms with Crippen molar-refractivity contribution in [2.24, 2.45) is 16.3 Å². The van der Waals surface area contributed by atoms with Crippen molar-refractivity contribution in [1.82, 2.24) is 15.5 Å². The van der Waals surface area contributed by atoms with E-state index in [1.54, 1.807) is 7.05 Å². The molecule has 1 atom stereocenters. The van der Waals surface area contributed by atoms with Crippen LogP contribution in [0.1, 0.15) is 52.9 Å². The second-order valence-corrected chi connectivity index (χ2v) is 7.93. The van der Waals surface area contributed by atoms with E-state index in [2.05, 4.69) is 36.4 Å². The van der Waals surface area contributed by atoms with Gasteiger partial charge in [-0.1, -0.05) is 40.0 Å². The monoisotopic (exact) mass is 492 g/mol. The molecule has 1 rings (SSSR count). The zero-order chi connectivity index (χ0) is 18.9. The quantitative estimate of drug-likeness (QED) is 0.219. The minimum Gasteiger partial charge on any atom is -0.356 e. The SMILES string of the molecule is CCCCCC(C)(C)CNC(=NC)NCC1CCN(CC(F)(F)F)C1.I. The van der Waals surface area contributed by atoms with Crippen molar-refractivity contribution in [3.8, 4) is 0 Å². The maximum Gasteiger partial charge on any atom is 0.401 e. The number of nitrogens with zero attached hydrogens (tertiary/aromatic N) is 2. The molecule has 156 valence electrons. The maximum absolute atomic E-state index is 12.4. The third kappa shape index (κ3) is 11.5. The van der Waals surface area contributed by atoms with E-state index < -0.39 is 12.7 Å². The second kappa shape index (κ2) is 12.3. The molecule has 4 nitrogen and oxygen atoms in total. The Morgan fingerprint density at radius 3 is 2.46 bits per heavy atom. The lowest BCUT2D eigenvalue weighted by Crippen LogP contribution is -2.44. The number of likely N-dealkylation sites (tertiary alicyclic amines) is 1. The van der Waals surface area contributed by atoms with E-state index in [-0.39, 0.29) is 35.3 Å². The zero-order valence-corrected chi connectivity index (χ0v) is 18.9. The van der Waals surface area contributed by atoms with Crippen LogP contribution in [0.5, 0.6) is 0 Å². The molecule has 1 aliphatic rings. The van der Waals surface area contributed by atoms with Crippen LogP contribution in [0.3, 0.4) is 0 Å². The summed E-state index contributed by atoms with van der Waals surface area (Å²) in [6.45, 7) is 8.39. The highest BCUT2D eigenvalue weighted by Crippen LogP contribution is 2.23. The number of hydrogen-bond donors (Lipinski definition) is 2. The number of alkyl halides is 3. The van der Waals surface area contributed by atoms with Crippen LogP contribution in [-0.2, 0) is 0 Å². The number of guanidine groups is 1. The molecular formula is C18H36F3IN4. The highest BCUT2D eigenvalue weighted by atomic mass is 127. The average molecular weight is 492 g/mol. The molecule has 0 radical (unpaired) electrons. The van der Waals surface area contributed by atoms with Crippen LogP contribution >= 0.6 is 24.0 Å². The molecule has 0 aromatic carbocycles. The van der Waals surface area contributed by atoms with Gasteiger partial charge >= 0.3 is 6.18 Å². The largest absolute Gasteiger partial charge is 0.401 e. The van der Waals surface area contributed by atoms with Crippen molar-refractivity contribution < 1.29 is 13.2 Å². The average Bonchev–Trinajstić information content (AvgIpc) is 2.93. The number of halogens is 4. The van der Waals surface area contributed by atoms with Gasteiger partial charge in [0.2, 0.25) is 0 Å². The van der Waals surface area contributed by atoms with Crippen molar-refractivity contribution in [3.63, 3.8) is 0 Å². The molecular weight excluding hydrogens is 456 g/mol. The number of nitrogens with one attached hydrogen (secondary N) is 2. The Morgan fingerprint density at radius 2 is 1.88 bits per heavy atom. The van der Waals surface area contributed by atoms with Gasteiger partial charge in [-0.2, -0.15) is 13.2 Å². The van der Waals surface area contributed by atoms with Gasteiger partial charge in [-0.3, -0.25) is 9.89 Å². The number of rotatable bonds is 9. The predicted molar refractivity (Wildman–Crippen MR) is 113 cm³/mol. The first kappa shape index (κ1) is 25.8. The van der Waals surface area contributed by atoms with Crippen LogP contribution in [0, 0.1) is 11.3 Å². The number of hydrogen-bond acceptors (Lipinski definition) is 2. The van der Waals surface area contributed by atoms with Crippen LogP contribution in [0.25, 0.3) is 0 Å². The zero-order valence-electron chi connectivity index (χ0n) is 16.6. The minimum absolute atomic E-state index is 0. The third-order valence-electron chi connectivity index (χ3n) is 4.75. The molecule has 0 aromatic rings. The molecule has 0 saturated carbocycles. The first-order valence-electron chi connectivity index (χ1n) is 9.39. The van der Waals surface area contributed by atoms with Gasteiger partial charge in [0.15, 0.2) is 5.96 Å². The van der Waals surface area contributed by atoms with Crippen LogP contribution in [0.15, 0.2) is 4.99 Å². The lowest BCUT2D eigenvalue weighted by molar-refractivity contribution is -0.143. The summed E-state index contributed by atoms with van der Waals surface area (Å²) in [5, 5.41) is 6.62. The Hall–Kier alpha value is -0.250. The van der Waals surface area contributed by atoms with Crippen molar-refractivity contribution in [2.45, 2.75) is 59.1 Å². The molecule has 0 bridgehead atoms. The Bertz CT molecular complexity index is 414. The van der Waals surface area contributed by atoms with Gasteiger partial charge in [0.25, 0.3) is 0 Å². The van der Waals surface area contributed by atoms with E-state index in [1.807, 2.05) is 0 Å². The molecule has 0 spiro atoms. The smallest absolute Gasteiger partial charge is 0.356 e. The lowest BCUT2D eigenvalue weighted by atomic mass is 9.87. The maximum atomic E-state index is 12.4. The molecule has 26 heavy (non-hydrogen) atoms. The van der Waals surface area contributed by atoms with Crippen LogP contribution in [0.4, 0.5) is 13.2 Å². The topological polar surface area (TPSA) is 39.7 Å². The van der Waals surface area contributed by atoms with E-state index in [1.165, 1.54) is 30.6 Å². The van der Waals surface area contributed by atoms with Crippen LogP contribution in [0.2, 0.25) is 0 Å². The fourth-order valence-corrected chi connectivity index (χ4v) is 3.20. The Morgan fingerprint density at radius 1 is 1.19 bits per heavy atom. The fourth-order valence-electron chi connectivity index (χ4n) is 3.20. The van der Waals surface area contributed by atoms with Gasteiger partial charge in [-0.05, 0) is 30.7 Å². The molecule has 1 aliphatic heterocycles. The standard InChI is InChI=1S/C18H35F3N4.HI/c1-5-6-7-9-17(2,3)13-24-16(22-4)23-11-15-8-10-25(12-15)14-18(19,20)21;/h15H,5-14H2,1-4H3,(H2,22,23,24);1H. The van der Waals surface area contributed by atoms with Gasteiger partial charge in [0.05, 0.1) is 6.54 Å². The highest BCUT2D eigenvalue weighted by molar-refractivity contribution is 14.0. The van der Waals surface area contributed by atoms with Crippen molar-refractivity contribution in [2.75, 3.05) is 39.8 Å². The van der Waals surface area contributed by atoms with E-state index in [9.17, 15) is 13.2 Å². The summed E-state index contributed by atoms with van der Waals surface area (Å²) in [5.74, 6) is 0.969. The fraction of sp³-hybridized carbons (Fsp3) is 0.944. The molecule has 1 unspecified atom stereocenters. The van der Waals surface area contributed by atoms with Gasteiger partial charge in [-0.15, -0.1) is 24.0 Å². The molecule has 1 heterocycles. The van der Waals surface area contributed by atoms with E-state index in [0.29, 0.717) is 19.6 Å². The van der Waals surface area contributed by atoms with E-state index >= 15 is 0 Å². The Kier molecular flexibility index (Phi) is 12.1. The van der Waals surface area contributed by atoms with Crippen molar-refractivity contribution in [3.05, 3.63) is 0 Å². The minimum atomic E-state index is -4.11. The van der Waals surface area contributed by atoms with Crippen LogP contribution in [-0.4, -0.2) is 56.8 Å². The van der Waals surface area contributed by atoms with E-state index in [0.717, 1.165) is 18.9 Å². The summed E-state index contributed by atoms with van der Waals surface area (Å²) in [6, 6.07) is 0. The van der Waals surface area contributed by atoms with Gasteiger partial charge < -0.3 is 10.6 Å². The Balaban J connectivity index is 0.00000625. The molecule has 1 fully saturated rings. The molecule has 0 aromatic heterocycles. The van der Waals surface area contributed by atoms with Gasteiger partial charge in [0.1, 0.15) is 0 Å². The summed E-state index contributed by atoms with van der Waals surface area (Å²) in [7, 11) is 1.73. The summed E-state index contributed by atoms with van der Waals surface area (Å²) >= 11 is 0. The van der Waals surface area contributed by atoms with Crippen molar-refractivity contribution in [1.29, 1.82) is 0 Å². The van der Waals surface area contributed by atoms with Crippen molar-refractivity contribution >= 4 is 29.9 Å². The van der Waals surface area contributed by atoms with Gasteiger partial charge in [0, 0.05) is 26.7 Å². The molecule has 0 aliphatic carbocycles. The lowest BCUT2D eigenvalue weighted by Gasteiger charge is -2.26.